The summed E-state index contributed by atoms with van der Waals surface area (Å²) in [5, 5.41) is 4.01. The maximum absolute atomic E-state index is 10.4. The molecule has 1 saturated heterocycles. The molecule has 0 spiro atoms. The number of rotatable bonds is 0. The standard InChI is InChI=1S/C5H8NO.K/c7-5-1-3-6-4-2-5;/h1-4H2;/q-1;+1. The van der Waals surface area contributed by atoms with Gasteiger partial charge in [0.2, 0.25) is 0 Å². The van der Waals surface area contributed by atoms with Crippen LogP contribution in [0, 0.1) is 0 Å². The Hall–Kier alpha value is 1.27. The molecule has 0 N–H and O–H groups in total. The van der Waals surface area contributed by atoms with Crippen LogP contribution in [0.3, 0.4) is 0 Å². The van der Waals surface area contributed by atoms with Gasteiger partial charge in [-0.1, -0.05) is 0 Å². The number of piperidine rings is 1. The van der Waals surface area contributed by atoms with Crippen LogP contribution in [-0.4, -0.2) is 18.9 Å². The Bertz CT molecular complexity index is 76.5. The van der Waals surface area contributed by atoms with E-state index in [-0.39, 0.29) is 51.4 Å². The number of hydrogen-bond donors (Lipinski definition) is 0. The topological polar surface area (TPSA) is 31.2 Å². The quantitative estimate of drug-likeness (QED) is 0.346. The predicted octanol–water partition coefficient (Wildman–Crippen LogP) is -2.27. The molecule has 1 aliphatic rings. The molecular formula is C5H8KNO. The molecule has 0 aliphatic carbocycles. The van der Waals surface area contributed by atoms with E-state index in [0.29, 0.717) is 18.6 Å². The summed E-state index contributed by atoms with van der Waals surface area (Å²) in [6.45, 7) is 1.53. The summed E-state index contributed by atoms with van der Waals surface area (Å²) in [6, 6.07) is 0. The van der Waals surface area contributed by atoms with Crippen LogP contribution < -0.4 is 51.4 Å². The molecule has 0 aromatic heterocycles. The molecule has 40 valence electrons. The van der Waals surface area contributed by atoms with Gasteiger partial charge < -0.3 is 5.32 Å². The van der Waals surface area contributed by atoms with E-state index in [9.17, 15) is 4.79 Å². The zero-order chi connectivity index (χ0) is 5.11. The fourth-order valence-electron chi connectivity index (χ4n) is 0.644. The van der Waals surface area contributed by atoms with Gasteiger partial charge in [0.25, 0.3) is 0 Å². The second kappa shape index (κ2) is 5.08. The third-order valence-electron chi connectivity index (χ3n) is 1.10. The van der Waals surface area contributed by atoms with Crippen molar-refractivity contribution in [3.8, 4) is 0 Å². The minimum atomic E-state index is 0. The van der Waals surface area contributed by atoms with E-state index in [1.165, 1.54) is 0 Å². The van der Waals surface area contributed by atoms with E-state index in [1.807, 2.05) is 0 Å². The Morgan fingerprint density at radius 3 is 2.00 bits per heavy atom. The van der Waals surface area contributed by atoms with E-state index >= 15 is 0 Å². The SMILES string of the molecule is O=C1CC[N-]CC1.[K+]. The summed E-state index contributed by atoms with van der Waals surface area (Å²) in [5.41, 5.74) is 0. The number of nitrogens with zero attached hydrogens (tertiary/aromatic N) is 1. The molecule has 0 atom stereocenters. The Morgan fingerprint density at radius 1 is 1.25 bits per heavy atom. The molecule has 0 radical (unpaired) electrons. The van der Waals surface area contributed by atoms with Gasteiger partial charge >= 0.3 is 51.4 Å². The monoisotopic (exact) mass is 137 g/mol. The van der Waals surface area contributed by atoms with E-state index < -0.39 is 0 Å². The molecule has 0 aromatic carbocycles. The van der Waals surface area contributed by atoms with Crippen LogP contribution in [0.15, 0.2) is 0 Å². The molecule has 1 aliphatic heterocycles. The zero-order valence-corrected chi connectivity index (χ0v) is 8.31. The second-order valence-electron chi connectivity index (χ2n) is 1.71. The maximum Gasteiger partial charge on any atom is 1.00 e. The number of hydrogen-bond acceptors (Lipinski definition) is 1. The normalized spacial score (nSPS) is 19.8. The first-order valence-corrected chi connectivity index (χ1v) is 2.54. The summed E-state index contributed by atoms with van der Waals surface area (Å²) in [7, 11) is 0. The minimum absolute atomic E-state index is 0. The van der Waals surface area contributed by atoms with Crippen LogP contribution in [0.2, 0.25) is 0 Å². The van der Waals surface area contributed by atoms with Crippen LogP contribution >= 0.6 is 0 Å². The van der Waals surface area contributed by atoms with Gasteiger partial charge in [0.15, 0.2) is 0 Å². The van der Waals surface area contributed by atoms with Crippen molar-refractivity contribution in [1.82, 2.24) is 0 Å². The molecule has 3 heteroatoms. The van der Waals surface area contributed by atoms with Gasteiger partial charge in [0, 0.05) is 0 Å². The van der Waals surface area contributed by atoms with Crippen molar-refractivity contribution in [2.24, 2.45) is 0 Å². The molecule has 0 bridgehead atoms. The molecule has 1 rings (SSSR count). The van der Waals surface area contributed by atoms with E-state index in [1.54, 1.807) is 0 Å². The number of carbonyl (C=O) groups excluding carboxylic acids is 1. The van der Waals surface area contributed by atoms with Crippen molar-refractivity contribution in [2.75, 3.05) is 13.1 Å². The zero-order valence-electron chi connectivity index (χ0n) is 5.18. The Kier molecular flexibility index (Phi) is 5.89. The number of carbonyl (C=O) groups is 1. The molecule has 8 heavy (non-hydrogen) atoms. The Balaban J connectivity index is 0.000000490. The van der Waals surface area contributed by atoms with Crippen molar-refractivity contribution in [1.29, 1.82) is 0 Å². The van der Waals surface area contributed by atoms with Crippen molar-refractivity contribution in [3.63, 3.8) is 0 Å². The van der Waals surface area contributed by atoms with Gasteiger partial charge in [-0.2, -0.15) is 0 Å². The van der Waals surface area contributed by atoms with E-state index in [4.69, 9.17) is 0 Å². The first-order valence-electron chi connectivity index (χ1n) is 2.54. The summed E-state index contributed by atoms with van der Waals surface area (Å²) in [4.78, 5) is 10.4. The van der Waals surface area contributed by atoms with Crippen LogP contribution in [-0.2, 0) is 4.79 Å². The van der Waals surface area contributed by atoms with Crippen LogP contribution in [0.25, 0.3) is 5.32 Å². The summed E-state index contributed by atoms with van der Waals surface area (Å²) in [5.74, 6) is 0.370. The molecule has 1 heterocycles. The minimum Gasteiger partial charge on any atom is -0.662 e. The van der Waals surface area contributed by atoms with E-state index in [0.717, 1.165) is 13.1 Å². The average Bonchev–Trinajstić information content (AvgIpc) is 1.69. The van der Waals surface area contributed by atoms with Crippen LogP contribution in [0.1, 0.15) is 12.8 Å². The van der Waals surface area contributed by atoms with Gasteiger partial charge in [-0.05, 0) is 12.8 Å². The van der Waals surface area contributed by atoms with Gasteiger partial charge in [0.05, 0.1) is 0 Å². The molecule has 0 amide bonds. The third-order valence-corrected chi connectivity index (χ3v) is 1.10. The van der Waals surface area contributed by atoms with E-state index in [2.05, 4.69) is 5.32 Å². The first-order chi connectivity index (χ1) is 3.39. The number of ketones is 1. The summed E-state index contributed by atoms with van der Waals surface area (Å²) in [6.07, 6.45) is 1.36. The predicted molar refractivity (Wildman–Crippen MR) is 27.3 cm³/mol. The largest absolute Gasteiger partial charge is 1.00 e. The van der Waals surface area contributed by atoms with Crippen LogP contribution in [0.4, 0.5) is 0 Å². The molecule has 2 nitrogen and oxygen atoms in total. The molecule has 0 aromatic rings. The molecule has 1 fully saturated rings. The van der Waals surface area contributed by atoms with Crippen molar-refractivity contribution in [3.05, 3.63) is 5.32 Å². The van der Waals surface area contributed by atoms with Gasteiger partial charge in [-0.25, -0.2) is 0 Å². The van der Waals surface area contributed by atoms with Crippen molar-refractivity contribution < 1.29 is 56.2 Å². The molecular weight excluding hydrogens is 129 g/mol. The van der Waals surface area contributed by atoms with Crippen LogP contribution in [0.5, 0.6) is 0 Å². The fourth-order valence-corrected chi connectivity index (χ4v) is 0.644. The van der Waals surface area contributed by atoms with Gasteiger partial charge in [-0.15, -0.1) is 13.1 Å². The first kappa shape index (κ1) is 9.27. The van der Waals surface area contributed by atoms with Gasteiger partial charge in [-0.3, -0.25) is 4.79 Å². The average molecular weight is 137 g/mol. The van der Waals surface area contributed by atoms with Crippen molar-refractivity contribution >= 4 is 5.78 Å². The number of Topliss-reactive ketones (excluding diaryl/α,β-unsaturated/α-hetero) is 1. The fraction of sp³-hybridized carbons (Fsp3) is 0.800. The second-order valence-corrected chi connectivity index (χ2v) is 1.71. The summed E-state index contributed by atoms with van der Waals surface area (Å²) < 4.78 is 0. The third kappa shape index (κ3) is 3.32. The smallest absolute Gasteiger partial charge is 0.662 e. The van der Waals surface area contributed by atoms with Crippen molar-refractivity contribution in [2.45, 2.75) is 12.8 Å². The maximum atomic E-state index is 10.4. The Morgan fingerprint density at radius 2 is 1.75 bits per heavy atom. The molecule has 0 unspecified atom stereocenters. The molecule has 0 saturated carbocycles. The Labute approximate surface area is 91.8 Å². The van der Waals surface area contributed by atoms with Gasteiger partial charge in [0.1, 0.15) is 5.78 Å². The summed E-state index contributed by atoms with van der Waals surface area (Å²) >= 11 is 0.